The molecule has 2 aromatic heterocycles. The highest BCUT2D eigenvalue weighted by Crippen LogP contribution is 2.19. The highest BCUT2D eigenvalue weighted by Gasteiger charge is 1.96. The van der Waals surface area contributed by atoms with Gasteiger partial charge in [0.1, 0.15) is 5.01 Å². The summed E-state index contributed by atoms with van der Waals surface area (Å²) in [7, 11) is 0. The van der Waals surface area contributed by atoms with Crippen LogP contribution in [0.4, 0.5) is 0 Å². The van der Waals surface area contributed by atoms with E-state index in [2.05, 4.69) is 16.2 Å². The van der Waals surface area contributed by atoms with Crippen LogP contribution >= 0.6 is 11.3 Å². The molecule has 0 aromatic carbocycles. The van der Waals surface area contributed by atoms with Crippen LogP contribution in [0.25, 0.3) is 10.6 Å². The molecule has 0 aliphatic rings. The molecule has 0 unspecified atom stereocenters. The summed E-state index contributed by atoms with van der Waals surface area (Å²) in [5.74, 6) is 0. The Kier molecular flexibility index (Phi) is 1.65. The summed E-state index contributed by atoms with van der Waals surface area (Å²) < 4.78 is 0. The summed E-state index contributed by atoms with van der Waals surface area (Å²) in [4.78, 5) is 8.03. The Morgan fingerprint density at radius 3 is 3.09 bits per heavy atom. The van der Waals surface area contributed by atoms with Crippen LogP contribution in [0.3, 0.4) is 0 Å². The normalized spacial score (nSPS) is 9.82. The van der Waals surface area contributed by atoms with E-state index in [1.807, 2.05) is 11.4 Å². The maximum atomic E-state index is 4.15. The highest BCUT2D eigenvalue weighted by atomic mass is 32.1. The minimum atomic E-state index is 1.01. The quantitative estimate of drug-likeness (QED) is 0.639. The van der Waals surface area contributed by atoms with E-state index in [4.69, 9.17) is 0 Å². The first kappa shape index (κ1) is 6.49. The SMILES string of the molecule is [c]1ccc(-c2nccs2)cn1. The molecule has 0 bridgehead atoms. The average Bonchev–Trinajstić information content (AvgIpc) is 2.58. The minimum Gasteiger partial charge on any atom is -0.254 e. The molecular weight excluding hydrogens is 156 g/mol. The topological polar surface area (TPSA) is 25.8 Å². The highest BCUT2D eigenvalue weighted by molar-refractivity contribution is 7.13. The molecule has 0 atom stereocenters. The molecule has 0 aliphatic carbocycles. The van der Waals surface area contributed by atoms with Gasteiger partial charge in [-0.15, -0.1) is 11.3 Å². The summed E-state index contributed by atoms with van der Waals surface area (Å²) >= 11 is 1.61. The van der Waals surface area contributed by atoms with Gasteiger partial charge in [-0.05, 0) is 12.1 Å². The average molecular weight is 161 g/mol. The third-order valence-electron chi connectivity index (χ3n) is 1.29. The number of thiazole rings is 1. The molecule has 2 heterocycles. The van der Waals surface area contributed by atoms with Crippen molar-refractivity contribution in [2.24, 2.45) is 0 Å². The Labute approximate surface area is 68.6 Å². The first-order chi connectivity index (χ1) is 5.47. The summed E-state index contributed by atoms with van der Waals surface area (Å²) in [6.07, 6.45) is 6.27. The van der Waals surface area contributed by atoms with Crippen molar-refractivity contribution in [2.45, 2.75) is 0 Å². The van der Waals surface area contributed by atoms with Crippen LogP contribution in [0.2, 0.25) is 0 Å². The van der Waals surface area contributed by atoms with Crippen LogP contribution in [-0.4, -0.2) is 9.97 Å². The molecule has 1 radical (unpaired) electrons. The Balaban J connectivity index is 2.46. The molecule has 0 saturated carbocycles. The molecule has 0 aliphatic heterocycles. The Hall–Kier alpha value is -1.22. The predicted octanol–water partition coefficient (Wildman–Crippen LogP) is 2.01. The van der Waals surface area contributed by atoms with E-state index < -0.39 is 0 Å². The van der Waals surface area contributed by atoms with E-state index in [0.717, 1.165) is 10.6 Å². The van der Waals surface area contributed by atoms with Crippen LogP contribution in [0, 0.1) is 6.20 Å². The summed E-state index contributed by atoms with van der Waals surface area (Å²) in [6.45, 7) is 0. The van der Waals surface area contributed by atoms with Gasteiger partial charge in [0.15, 0.2) is 0 Å². The molecule has 0 amide bonds. The van der Waals surface area contributed by atoms with Crippen LogP contribution in [0.15, 0.2) is 29.9 Å². The van der Waals surface area contributed by atoms with E-state index in [1.54, 1.807) is 29.8 Å². The predicted molar refractivity (Wildman–Crippen MR) is 44.2 cm³/mol. The molecule has 3 heteroatoms. The van der Waals surface area contributed by atoms with Crippen molar-refractivity contribution in [3.8, 4) is 10.6 Å². The lowest BCUT2D eigenvalue weighted by atomic mass is 10.3. The lowest BCUT2D eigenvalue weighted by Crippen LogP contribution is -1.75. The van der Waals surface area contributed by atoms with Crippen LogP contribution in [0.5, 0.6) is 0 Å². The number of hydrogen-bond acceptors (Lipinski definition) is 3. The van der Waals surface area contributed by atoms with Gasteiger partial charge < -0.3 is 0 Å². The van der Waals surface area contributed by atoms with E-state index in [1.165, 1.54) is 0 Å². The van der Waals surface area contributed by atoms with Gasteiger partial charge >= 0.3 is 0 Å². The minimum absolute atomic E-state index is 1.01. The third-order valence-corrected chi connectivity index (χ3v) is 2.12. The van der Waals surface area contributed by atoms with Gasteiger partial charge in [0, 0.05) is 23.3 Å². The molecular formula is C8H5N2S. The number of hydrogen-bond donors (Lipinski definition) is 0. The fraction of sp³-hybridized carbons (Fsp3) is 0. The number of rotatable bonds is 1. The lowest BCUT2D eigenvalue weighted by molar-refractivity contribution is 1.30. The number of nitrogens with zero attached hydrogens (tertiary/aromatic N) is 2. The van der Waals surface area contributed by atoms with Crippen LogP contribution < -0.4 is 0 Å². The van der Waals surface area contributed by atoms with Crippen molar-refractivity contribution in [3.63, 3.8) is 0 Å². The van der Waals surface area contributed by atoms with Crippen molar-refractivity contribution >= 4 is 11.3 Å². The molecule has 0 fully saturated rings. The van der Waals surface area contributed by atoms with E-state index in [9.17, 15) is 0 Å². The van der Waals surface area contributed by atoms with Crippen molar-refractivity contribution in [2.75, 3.05) is 0 Å². The maximum absolute atomic E-state index is 4.15. The smallest absolute Gasteiger partial charge is 0.124 e. The molecule has 0 spiro atoms. The zero-order chi connectivity index (χ0) is 7.52. The summed E-state index contributed by atoms with van der Waals surface area (Å²) in [6, 6.07) is 3.74. The first-order valence-corrected chi connectivity index (χ1v) is 4.07. The van der Waals surface area contributed by atoms with Gasteiger partial charge in [-0.2, -0.15) is 0 Å². The monoisotopic (exact) mass is 161 g/mol. The van der Waals surface area contributed by atoms with Gasteiger partial charge in [0.25, 0.3) is 0 Å². The zero-order valence-electron chi connectivity index (χ0n) is 5.69. The fourth-order valence-electron chi connectivity index (χ4n) is 0.812. The van der Waals surface area contributed by atoms with Crippen molar-refractivity contribution in [3.05, 3.63) is 36.1 Å². The largest absolute Gasteiger partial charge is 0.254 e. The Bertz CT molecular complexity index is 315. The fourth-order valence-corrected chi connectivity index (χ4v) is 1.44. The van der Waals surface area contributed by atoms with Crippen molar-refractivity contribution in [1.29, 1.82) is 0 Å². The molecule has 0 saturated heterocycles. The molecule has 2 aromatic rings. The zero-order valence-corrected chi connectivity index (χ0v) is 6.51. The summed E-state index contributed by atoms with van der Waals surface area (Å²) in [5.41, 5.74) is 1.05. The van der Waals surface area contributed by atoms with Crippen molar-refractivity contribution in [1.82, 2.24) is 9.97 Å². The van der Waals surface area contributed by atoms with Gasteiger partial charge in [-0.3, -0.25) is 4.98 Å². The van der Waals surface area contributed by atoms with Crippen LogP contribution in [0.1, 0.15) is 0 Å². The summed E-state index contributed by atoms with van der Waals surface area (Å²) in [5, 5.41) is 2.96. The van der Waals surface area contributed by atoms with E-state index >= 15 is 0 Å². The molecule has 53 valence electrons. The standard InChI is InChI=1S/C8H5N2S/c1-2-7(6-9-3-1)8-10-4-5-11-8/h1-2,4-6H. The second kappa shape index (κ2) is 2.80. The third kappa shape index (κ3) is 1.28. The van der Waals surface area contributed by atoms with Gasteiger partial charge in [-0.1, -0.05) is 0 Å². The second-order valence-electron chi connectivity index (χ2n) is 2.01. The molecule has 11 heavy (non-hydrogen) atoms. The number of pyridine rings is 1. The van der Waals surface area contributed by atoms with Gasteiger partial charge in [-0.25, -0.2) is 4.98 Å². The maximum Gasteiger partial charge on any atom is 0.124 e. The first-order valence-electron chi connectivity index (χ1n) is 3.19. The van der Waals surface area contributed by atoms with Crippen LogP contribution in [-0.2, 0) is 0 Å². The van der Waals surface area contributed by atoms with Gasteiger partial charge in [0.05, 0.1) is 6.20 Å². The number of aromatic nitrogens is 2. The van der Waals surface area contributed by atoms with E-state index in [0.29, 0.717) is 0 Å². The van der Waals surface area contributed by atoms with Crippen molar-refractivity contribution < 1.29 is 0 Å². The molecule has 0 N–H and O–H groups in total. The van der Waals surface area contributed by atoms with E-state index in [-0.39, 0.29) is 0 Å². The lowest BCUT2D eigenvalue weighted by Gasteiger charge is -1.90. The Morgan fingerprint density at radius 1 is 1.45 bits per heavy atom. The molecule has 2 rings (SSSR count). The molecule has 2 nitrogen and oxygen atoms in total. The second-order valence-corrected chi connectivity index (χ2v) is 2.91. The van der Waals surface area contributed by atoms with Gasteiger partial charge in [0.2, 0.25) is 0 Å². The Morgan fingerprint density at radius 2 is 2.45 bits per heavy atom.